The summed E-state index contributed by atoms with van der Waals surface area (Å²) in [6.45, 7) is 5.82. The van der Waals surface area contributed by atoms with E-state index in [1.54, 1.807) is 11.3 Å². The van der Waals surface area contributed by atoms with Gasteiger partial charge in [-0.25, -0.2) is 4.98 Å². The lowest BCUT2D eigenvalue weighted by molar-refractivity contribution is 0.350. The number of anilines is 1. The zero-order valence-corrected chi connectivity index (χ0v) is 16.1. The molecule has 0 aromatic carbocycles. The van der Waals surface area contributed by atoms with Crippen molar-refractivity contribution in [2.24, 2.45) is 0 Å². The van der Waals surface area contributed by atoms with E-state index in [4.69, 9.17) is 5.11 Å². The van der Waals surface area contributed by atoms with Crippen LogP contribution in [0.5, 0.6) is 0 Å². The van der Waals surface area contributed by atoms with Crippen molar-refractivity contribution in [2.75, 3.05) is 44.7 Å². The Morgan fingerprint density at radius 1 is 1.27 bits per heavy atom. The minimum atomic E-state index is -0.0977. The van der Waals surface area contributed by atoms with E-state index in [9.17, 15) is 0 Å². The Morgan fingerprint density at radius 2 is 2.19 bits per heavy atom. The van der Waals surface area contributed by atoms with Crippen molar-refractivity contribution in [3.8, 4) is 11.8 Å². The van der Waals surface area contributed by atoms with Crippen LogP contribution in [-0.4, -0.2) is 54.8 Å². The van der Waals surface area contributed by atoms with E-state index in [1.165, 1.54) is 16.9 Å². The Balaban J connectivity index is 1.59. The highest BCUT2D eigenvalue weighted by Crippen LogP contribution is 2.19. The second kappa shape index (κ2) is 9.70. The van der Waals surface area contributed by atoms with Gasteiger partial charge in [-0.1, -0.05) is 17.9 Å². The number of nitrogens with one attached hydrogen (secondary N) is 1. The summed E-state index contributed by atoms with van der Waals surface area (Å²) < 4.78 is 0. The highest BCUT2D eigenvalue weighted by molar-refractivity contribution is 7.10. The van der Waals surface area contributed by atoms with Crippen molar-refractivity contribution in [2.45, 2.75) is 19.5 Å². The maximum Gasteiger partial charge on any atom is 0.133 e. The van der Waals surface area contributed by atoms with E-state index >= 15 is 0 Å². The number of likely N-dealkylation sites (N-methyl/N-ethyl adjacent to an activating group) is 1. The molecular formula is C20H26N4OS. The predicted octanol–water partition coefficient (Wildman–Crippen LogP) is 1.92. The van der Waals surface area contributed by atoms with Gasteiger partial charge in [0.25, 0.3) is 0 Å². The minimum Gasteiger partial charge on any atom is -0.384 e. The first-order valence-corrected chi connectivity index (χ1v) is 9.89. The van der Waals surface area contributed by atoms with Crippen molar-refractivity contribution < 1.29 is 5.11 Å². The number of hydrogen-bond donors (Lipinski definition) is 2. The van der Waals surface area contributed by atoms with Crippen LogP contribution in [0.3, 0.4) is 0 Å². The average molecular weight is 371 g/mol. The first-order chi connectivity index (χ1) is 12.8. The molecule has 26 heavy (non-hydrogen) atoms. The van der Waals surface area contributed by atoms with Crippen molar-refractivity contribution >= 4 is 17.2 Å². The quantitative estimate of drug-likeness (QED) is 0.788. The fourth-order valence-electron chi connectivity index (χ4n) is 3.11. The van der Waals surface area contributed by atoms with Crippen LogP contribution >= 0.6 is 11.3 Å². The van der Waals surface area contributed by atoms with Gasteiger partial charge < -0.3 is 20.2 Å². The number of nitrogens with zero attached hydrogens (tertiary/aromatic N) is 3. The molecule has 0 atom stereocenters. The average Bonchev–Trinajstić information content (AvgIpc) is 3.00. The molecule has 0 saturated carbocycles. The van der Waals surface area contributed by atoms with Crippen LogP contribution in [0.4, 0.5) is 5.82 Å². The Labute approximate surface area is 159 Å². The zero-order valence-electron chi connectivity index (χ0n) is 15.2. The maximum atomic E-state index is 8.77. The molecule has 5 nitrogen and oxygen atoms in total. The Kier molecular flexibility index (Phi) is 7.04. The number of thiophene rings is 1. The molecule has 2 aromatic rings. The summed E-state index contributed by atoms with van der Waals surface area (Å²) in [5.74, 6) is 6.74. The third kappa shape index (κ3) is 5.29. The van der Waals surface area contributed by atoms with Gasteiger partial charge in [-0.2, -0.15) is 0 Å². The molecule has 2 N–H and O–H groups in total. The molecule has 0 aliphatic carbocycles. The number of hydrogen-bond acceptors (Lipinski definition) is 6. The molecule has 1 fully saturated rings. The zero-order chi connectivity index (χ0) is 18.2. The molecule has 3 heterocycles. The summed E-state index contributed by atoms with van der Waals surface area (Å²) in [5.41, 5.74) is 2.21. The van der Waals surface area contributed by atoms with Crippen LogP contribution in [0.2, 0.25) is 0 Å². The van der Waals surface area contributed by atoms with Gasteiger partial charge in [-0.3, -0.25) is 0 Å². The standard InChI is InChI=1S/C20H26N4OS/c1-23-8-4-9-24(11-10-23)20-18(6-2-7-22-20)14-21-15-19-13-17(16-26-19)5-3-12-25/h2,6-7,13,16,21,25H,4,8-12,14-15H2,1H3. The Bertz CT molecular complexity index is 764. The van der Waals surface area contributed by atoms with Crippen molar-refractivity contribution in [3.63, 3.8) is 0 Å². The molecule has 138 valence electrons. The van der Waals surface area contributed by atoms with Crippen molar-refractivity contribution in [3.05, 3.63) is 45.8 Å². The Morgan fingerprint density at radius 3 is 3.08 bits per heavy atom. The lowest BCUT2D eigenvalue weighted by atomic mass is 10.2. The summed E-state index contributed by atoms with van der Waals surface area (Å²) in [5, 5.41) is 14.3. The predicted molar refractivity (Wildman–Crippen MR) is 107 cm³/mol. The van der Waals surface area contributed by atoms with Gasteiger partial charge in [0.2, 0.25) is 0 Å². The van der Waals surface area contributed by atoms with Crippen LogP contribution in [0.15, 0.2) is 29.8 Å². The molecule has 1 aliphatic heterocycles. The number of aliphatic hydroxyl groups excluding tert-OH is 1. The Hall–Kier alpha value is -1.91. The van der Waals surface area contributed by atoms with Gasteiger partial charge in [0.15, 0.2) is 0 Å². The van der Waals surface area contributed by atoms with Gasteiger partial charge in [-0.15, -0.1) is 11.3 Å². The molecule has 0 unspecified atom stereocenters. The number of rotatable bonds is 5. The summed E-state index contributed by atoms with van der Waals surface area (Å²) in [6, 6.07) is 6.25. The van der Waals surface area contributed by atoms with Crippen molar-refractivity contribution in [1.29, 1.82) is 0 Å². The van der Waals surface area contributed by atoms with E-state index in [0.717, 1.165) is 50.6 Å². The molecule has 0 bridgehead atoms. The smallest absolute Gasteiger partial charge is 0.133 e. The van der Waals surface area contributed by atoms with Gasteiger partial charge in [0.1, 0.15) is 12.4 Å². The second-order valence-corrected chi connectivity index (χ2v) is 7.49. The first kappa shape index (κ1) is 18.9. The third-order valence-electron chi connectivity index (χ3n) is 4.47. The van der Waals surface area contributed by atoms with Gasteiger partial charge in [0, 0.05) is 60.3 Å². The van der Waals surface area contributed by atoms with E-state index in [0.29, 0.717) is 0 Å². The molecule has 2 aromatic heterocycles. The number of pyridine rings is 1. The van der Waals surface area contributed by atoms with Crippen LogP contribution in [0.1, 0.15) is 22.4 Å². The van der Waals surface area contributed by atoms with Gasteiger partial charge in [-0.05, 0) is 32.1 Å². The largest absolute Gasteiger partial charge is 0.384 e. The molecule has 6 heteroatoms. The normalized spacial score (nSPS) is 15.4. The number of aromatic nitrogens is 1. The molecule has 3 rings (SSSR count). The molecule has 0 spiro atoms. The van der Waals surface area contributed by atoms with Crippen LogP contribution in [0, 0.1) is 11.8 Å². The van der Waals surface area contributed by atoms with Crippen LogP contribution in [0.25, 0.3) is 0 Å². The topological polar surface area (TPSA) is 51.6 Å². The van der Waals surface area contributed by atoms with Gasteiger partial charge >= 0.3 is 0 Å². The molecule has 0 radical (unpaired) electrons. The fourth-order valence-corrected chi connectivity index (χ4v) is 3.90. The molecule has 1 aliphatic rings. The summed E-state index contributed by atoms with van der Waals surface area (Å²) in [6.07, 6.45) is 3.06. The van der Waals surface area contributed by atoms with Crippen LogP contribution < -0.4 is 10.2 Å². The third-order valence-corrected chi connectivity index (χ3v) is 5.40. The first-order valence-electron chi connectivity index (χ1n) is 9.01. The number of aliphatic hydroxyl groups is 1. The lowest BCUT2D eigenvalue weighted by Gasteiger charge is -2.24. The summed E-state index contributed by atoms with van der Waals surface area (Å²) in [7, 11) is 2.19. The van der Waals surface area contributed by atoms with E-state index in [2.05, 4.69) is 51.1 Å². The molecule has 1 saturated heterocycles. The second-order valence-electron chi connectivity index (χ2n) is 6.50. The van der Waals surface area contributed by atoms with E-state index < -0.39 is 0 Å². The van der Waals surface area contributed by atoms with Gasteiger partial charge in [0.05, 0.1) is 0 Å². The highest BCUT2D eigenvalue weighted by atomic mass is 32.1. The monoisotopic (exact) mass is 370 g/mol. The summed E-state index contributed by atoms with van der Waals surface area (Å²) in [4.78, 5) is 10.7. The molecule has 0 amide bonds. The highest BCUT2D eigenvalue weighted by Gasteiger charge is 2.16. The maximum absolute atomic E-state index is 8.77. The molecular weight excluding hydrogens is 344 g/mol. The fraction of sp³-hybridized carbons (Fsp3) is 0.450. The SMILES string of the molecule is CN1CCCN(c2ncccc2CNCc2cc(C#CCO)cs2)CC1. The van der Waals surface area contributed by atoms with E-state index in [1.807, 2.05) is 17.6 Å². The minimum absolute atomic E-state index is 0.0977. The van der Waals surface area contributed by atoms with E-state index in [-0.39, 0.29) is 6.61 Å². The van der Waals surface area contributed by atoms with Crippen molar-refractivity contribution in [1.82, 2.24) is 15.2 Å². The lowest BCUT2D eigenvalue weighted by Crippen LogP contribution is -2.30. The summed E-state index contributed by atoms with van der Waals surface area (Å²) >= 11 is 1.69. The van der Waals surface area contributed by atoms with Crippen LogP contribution in [-0.2, 0) is 13.1 Å².